The topological polar surface area (TPSA) is 131 Å². The minimum atomic E-state index is -0.528. The SMILES string of the molecule is CCN(CC)C(C)CNC(=O)c1cc(NCC(N)=O)nc(-c2cnn3ccc(-c4cccs4)nc23)c1. The van der Waals surface area contributed by atoms with Crippen LogP contribution in [0.5, 0.6) is 0 Å². The van der Waals surface area contributed by atoms with Crippen LogP contribution in [0.25, 0.3) is 27.5 Å². The zero-order chi connectivity index (χ0) is 25.7. The van der Waals surface area contributed by atoms with Gasteiger partial charge >= 0.3 is 0 Å². The Kier molecular flexibility index (Phi) is 7.91. The van der Waals surface area contributed by atoms with Gasteiger partial charge in [-0.1, -0.05) is 19.9 Å². The van der Waals surface area contributed by atoms with Gasteiger partial charge in [0.15, 0.2) is 5.65 Å². The summed E-state index contributed by atoms with van der Waals surface area (Å²) in [6.07, 6.45) is 3.52. The molecule has 36 heavy (non-hydrogen) atoms. The van der Waals surface area contributed by atoms with Gasteiger partial charge in [0.2, 0.25) is 5.91 Å². The van der Waals surface area contributed by atoms with E-state index in [4.69, 9.17) is 10.7 Å². The summed E-state index contributed by atoms with van der Waals surface area (Å²) in [5.74, 6) is -0.398. The zero-order valence-corrected chi connectivity index (χ0v) is 21.4. The van der Waals surface area contributed by atoms with E-state index in [0.29, 0.717) is 34.8 Å². The highest BCUT2D eigenvalue weighted by Gasteiger charge is 2.18. The van der Waals surface area contributed by atoms with Crippen LogP contribution in [0.3, 0.4) is 0 Å². The van der Waals surface area contributed by atoms with E-state index in [1.54, 1.807) is 34.2 Å². The summed E-state index contributed by atoms with van der Waals surface area (Å²) in [5.41, 5.74) is 8.34. The van der Waals surface area contributed by atoms with Crippen LogP contribution < -0.4 is 16.4 Å². The Hall–Kier alpha value is -3.83. The van der Waals surface area contributed by atoms with Crippen molar-refractivity contribution in [2.24, 2.45) is 5.73 Å². The molecule has 0 saturated heterocycles. The van der Waals surface area contributed by atoms with Crippen LogP contribution in [-0.2, 0) is 4.79 Å². The first-order valence-corrected chi connectivity index (χ1v) is 12.7. The second-order valence-corrected chi connectivity index (χ2v) is 9.29. The number of amides is 2. The van der Waals surface area contributed by atoms with Gasteiger partial charge in [-0.2, -0.15) is 5.10 Å². The minimum absolute atomic E-state index is 0.105. The lowest BCUT2D eigenvalue weighted by Crippen LogP contribution is -2.42. The molecule has 0 fully saturated rings. The minimum Gasteiger partial charge on any atom is -0.368 e. The Morgan fingerprint density at radius 3 is 2.67 bits per heavy atom. The molecule has 0 aliphatic rings. The second kappa shape index (κ2) is 11.3. The number of rotatable bonds is 11. The van der Waals surface area contributed by atoms with Crippen molar-refractivity contribution in [2.45, 2.75) is 26.8 Å². The molecule has 4 heterocycles. The van der Waals surface area contributed by atoms with Crippen molar-refractivity contribution in [1.29, 1.82) is 0 Å². The van der Waals surface area contributed by atoms with Crippen LogP contribution >= 0.6 is 11.3 Å². The number of pyridine rings is 1. The second-order valence-electron chi connectivity index (χ2n) is 8.34. The largest absolute Gasteiger partial charge is 0.368 e. The lowest BCUT2D eigenvalue weighted by molar-refractivity contribution is -0.116. The molecule has 0 aliphatic heterocycles. The number of nitrogens with two attached hydrogens (primary N) is 1. The van der Waals surface area contributed by atoms with Gasteiger partial charge in [-0.25, -0.2) is 14.5 Å². The summed E-state index contributed by atoms with van der Waals surface area (Å²) in [6, 6.07) is 9.41. The molecule has 0 spiro atoms. The van der Waals surface area contributed by atoms with Crippen molar-refractivity contribution in [2.75, 3.05) is 31.5 Å². The van der Waals surface area contributed by atoms with E-state index in [9.17, 15) is 9.59 Å². The predicted molar refractivity (Wildman–Crippen MR) is 142 cm³/mol. The molecule has 4 rings (SSSR count). The van der Waals surface area contributed by atoms with Gasteiger partial charge < -0.3 is 16.4 Å². The number of fused-ring (bicyclic) bond motifs is 1. The summed E-state index contributed by atoms with van der Waals surface area (Å²) < 4.78 is 1.67. The van der Waals surface area contributed by atoms with Crippen LogP contribution in [0.2, 0.25) is 0 Å². The lowest BCUT2D eigenvalue weighted by atomic mass is 10.1. The lowest BCUT2D eigenvalue weighted by Gasteiger charge is -2.26. The van der Waals surface area contributed by atoms with Gasteiger partial charge in [0, 0.05) is 24.3 Å². The normalized spacial score (nSPS) is 12.1. The van der Waals surface area contributed by atoms with Gasteiger partial charge in [-0.15, -0.1) is 11.3 Å². The fourth-order valence-electron chi connectivity index (χ4n) is 4.00. The first-order chi connectivity index (χ1) is 17.4. The highest BCUT2D eigenvalue weighted by atomic mass is 32.1. The smallest absolute Gasteiger partial charge is 0.251 e. The van der Waals surface area contributed by atoms with Crippen molar-refractivity contribution in [3.63, 3.8) is 0 Å². The molecule has 4 aromatic heterocycles. The summed E-state index contributed by atoms with van der Waals surface area (Å²) in [6.45, 7) is 8.49. The summed E-state index contributed by atoms with van der Waals surface area (Å²) in [5, 5.41) is 12.3. The van der Waals surface area contributed by atoms with Crippen LogP contribution in [-0.4, -0.2) is 68.5 Å². The first kappa shape index (κ1) is 25.3. The number of hydrogen-bond donors (Lipinski definition) is 3. The Morgan fingerprint density at radius 1 is 1.17 bits per heavy atom. The standard InChI is InChI=1S/C25H30N8O2S/c1-4-32(5-2)16(3)13-28-25(35)17-11-20(30-23(12-17)27-15-22(26)34)18-14-29-33-9-8-19(31-24(18)33)21-7-6-10-36-21/h6-12,14,16H,4-5,13,15H2,1-3H3,(H2,26,34)(H,27,30)(H,28,35). The summed E-state index contributed by atoms with van der Waals surface area (Å²) in [4.78, 5) is 37.2. The number of hydrogen-bond acceptors (Lipinski definition) is 8. The number of likely N-dealkylation sites (N-methyl/N-ethyl adjacent to an activating group) is 1. The maximum absolute atomic E-state index is 13.1. The number of thiophene rings is 1. The summed E-state index contributed by atoms with van der Waals surface area (Å²) in [7, 11) is 0. The number of nitrogens with zero attached hydrogens (tertiary/aromatic N) is 5. The number of primary amides is 1. The monoisotopic (exact) mass is 506 g/mol. The molecule has 0 aromatic carbocycles. The van der Waals surface area contributed by atoms with Crippen molar-refractivity contribution in [3.05, 3.63) is 53.7 Å². The molecular weight excluding hydrogens is 476 g/mol. The van der Waals surface area contributed by atoms with E-state index in [1.807, 2.05) is 29.8 Å². The van der Waals surface area contributed by atoms with Crippen LogP contribution in [0.4, 0.5) is 5.82 Å². The fraction of sp³-hybridized carbons (Fsp3) is 0.320. The third-order valence-electron chi connectivity index (χ3n) is 5.94. The molecule has 10 nitrogen and oxygen atoms in total. The quantitative estimate of drug-likeness (QED) is 0.285. The fourth-order valence-corrected chi connectivity index (χ4v) is 4.69. The number of aromatic nitrogens is 4. The van der Waals surface area contributed by atoms with Crippen molar-refractivity contribution < 1.29 is 9.59 Å². The van der Waals surface area contributed by atoms with E-state index in [-0.39, 0.29) is 18.5 Å². The van der Waals surface area contributed by atoms with Gasteiger partial charge in [0.05, 0.1) is 34.6 Å². The van der Waals surface area contributed by atoms with E-state index in [2.05, 4.69) is 46.4 Å². The van der Waals surface area contributed by atoms with E-state index in [1.165, 1.54) is 0 Å². The van der Waals surface area contributed by atoms with E-state index >= 15 is 0 Å². The van der Waals surface area contributed by atoms with Crippen LogP contribution in [0, 0.1) is 0 Å². The summed E-state index contributed by atoms with van der Waals surface area (Å²) >= 11 is 1.60. The molecule has 2 amide bonds. The zero-order valence-electron chi connectivity index (χ0n) is 20.6. The number of nitrogens with one attached hydrogen (secondary N) is 2. The number of carbonyl (C=O) groups is 2. The van der Waals surface area contributed by atoms with Crippen LogP contribution in [0.1, 0.15) is 31.1 Å². The highest BCUT2D eigenvalue weighted by molar-refractivity contribution is 7.13. The molecule has 11 heteroatoms. The number of carbonyl (C=O) groups excluding carboxylic acids is 2. The maximum atomic E-state index is 13.1. The third kappa shape index (κ3) is 5.69. The molecule has 4 N–H and O–H groups in total. The van der Waals surface area contributed by atoms with Crippen molar-refractivity contribution >= 4 is 34.6 Å². The Labute approximate surface area is 213 Å². The van der Waals surface area contributed by atoms with Crippen molar-refractivity contribution in [3.8, 4) is 21.8 Å². The Balaban J connectivity index is 1.68. The van der Waals surface area contributed by atoms with Gasteiger partial charge in [-0.05, 0) is 49.7 Å². The molecule has 0 aliphatic carbocycles. The van der Waals surface area contributed by atoms with Crippen molar-refractivity contribution in [1.82, 2.24) is 29.8 Å². The average Bonchev–Trinajstić information content (AvgIpc) is 3.56. The molecule has 4 aromatic rings. The molecule has 0 radical (unpaired) electrons. The highest BCUT2D eigenvalue weighted by Crippen LogP contribution is 2.28. The van der Waals surface area contributed by atoms with E-state index < -0.39 is 5.91 Å². The molecule has 0 saturated carbocycles. The van der Waals surface area contributed by atoms with Gasteiger partial charge in [0.25, 0.3) is 5.91 Å². The molecule has 1 atom stereocenters. The van der Waals surface area contributed by atoms with E-state index in [0.717, 1.165) is 23.7 Å². The molecule has 0 bridgehead atoms. The molecule has 1 unspecified atom stereocenters. The van der Waals surface area contributed by atoms with Gasteiger partial charge in [0.1, 0.15) is 5.82 Å². The maximum Gasteiger partial charge on any atom is 0.251 e. The first-order valence-electron chi connectivity index (χ1n) is 11.8. The average molecular weight is 507 g/mol. The molecule has 188 valence electrons. The third-order valence-corrected chi connectivity index (χ3v) is 6.84. The van der Waals surface area contributed by atoms with Crippen LogP contribution in [0.15, 0.2) is 48.1 Å². The Morgan fingerprint density at radius 2 is 1.97 bits per heavy atom. The predicted octanol–water partition coefficient (Wildman–Crippen LogP) is 2.88. The number of anilines is 1. The van der Waals surface area contributed by atoms with Gasteiger partial charge in [-0.3, -0.25) is 14.5 Å². The molecular formula is C25H30N8O2S. The Bertz CT molecular complexity index is 1350.